The van der Waals surface area contributed by atoms with Crippen molar-refractivity contribution >= 4 is 40.5 Å². The molecule has 0 aliphatic rings. The van der Waals surface area contributed by atoms with E-state index in [9.17, 15) is 13.6 Å². The molecule has 0 aliphatic heterocycles. The fourth-order valence-corrected chi connectivity index (χ4v) is 2.07. The van der Waals surface area contributed by atoms with Crippen LogP contribution in [-0.4, -0.2) is 12.5 Å². The summed E-state index contributed by atoms with van der Waals surface area (Å²) in [5, 5.41) is 5.96. The van der Waals surface area contributed by atoms with E-state index in [0.717, 1.165) is 12.1 Å². The first kappa shape index (κ1) is 15.5. The summed E-state index contributed by atoms with van der Waals surface area (Å²) in [6.07, 6.45) is 0. The van der Waals surface area contributed by atoms with Gasteiger partial charge in [0, 0.05) is 11.1 Å². The van der Waals surface area contributed by atoms with Crippen LogP contribution in [0, 0.1) is 11.6 Å². The summed E-state index contributed by atoms with van der Waals surface area (Å²) >= 11 is 11.7. The number of nitrogens with one attached hydrogen (secondary N) is 2. The highest BCUT2D eigenvalue weighted by atomic mass is 35.5. The molecule has 0 fully saturated rings. The lowest BCUT2D eigenvalue weighted by Crippen LogP contribution is -2.22. The zero-order valence-electron chi connectivity index (χ0n) is 10.6. The van der Waals surface area contributed by atoms with Crippen molar-refractivity contribution in [3.8, 4) is 0 Å². The van der Waals surface area contributed by atoms with Crippen molar-refractivity contribution in [1.29, 1.82) is 0 Å². The smallest absolute Gasteiger partial charge is 0.243 e. The molecule has 2 aromatic rings. The average molecular weight is 331 g/mol. The van der Waals surface area contributed by atoms with Crippen molar-refractivity contribution in [1.82, 2.24) is 0 Å². The third-order valence-electron chi connectivity index (χ3n) is 2.58. The second kappa shape index (κ2) is 6.74. The Kier molecular flexibility index (Phi) is 4.98. The van der Waals surface area contributed by atoms with Crippen molar-refractivity contribution in [3.63, 3.8) is 0 Å². The van der Waals surface area contributed by atoms with Crippen LogP contribution in [0.2, 0.25) is 10.0 Å². The Morgan fingerprint density at radius 1 is 1.05 bits per heavy atom. The number of benzene rings is 2. The number of anilines is 2. The zero-order chi connectivity index (χ0) is 15.4. The Labute approximate surface area is 129 Å². The summed E-state index contributed by atoms with van der Waals surface area (Å²) < 4.78 is 26.1. The van der Waals surface area contributed by atoms with E-state index in [1.807, 2.05) is 0 Å². The largest absolute Gasteiger partial charge is 0.375 e. The second-order valence-corrected chi connectivity index (χ2v) is 4.99. The first-order valence-electron chi connectivity index (χ1n) is 5.89. The fraction of sp³-hybridized carbons (Fsp3) is 0.0714. The van der Waals surface area contributed by atoms with E-state index in [-0.39, 0.29) is 12.2 Å². The van der Waals surface area contributed by atoms with E-state index in [2.05, 4.69) is 10.6 Å². The van der Waals surface area contributed by atoms with E-state index >= 15 is 0 Å². The summed E-state index contributed by atoms with van der Waals surface area (Å²) in [6.45, 7) is -0.127. The Balaban J connectivity index is 1.96. The lowest BCUT2D eigenvalue weighted by atomic mass is 10.3. The van der Waals surface area contributed by atoms with E-state index in [0.29, 0.717) is 21.8 Å². The van der Waals surface area contributed by atoms with E-state index < -0.39 is 17.5 Å². The van der Waals surface area contributed by atoms with Gasteiger partial charge in [-0.2, -0.15) is 0 Å². The average Bonchev–Trinajstić information content (AvgIpc) is 2.41. The Morgan fingerprint density at radius 2 is 1.76 bits per heavy atom. The maximum atomic E-state index is 13.4. The molecule has 0 spiro atoms. The number of halogens is 4. The van der Waals surface area contributed by atoms with Crippen LogP contribution in [0.1, 0.15) is 0 Å². The van der Waals surface area contributed by atoms with Gasteiger partial charge in [-0.1, -0.05) is 23.2 Å². The lowest BCUT2D eigenvalue weighted by molar-refractivity contribution is -0.114. The molecule has 0 atom stereocenters. The number of carbonyl (C=O) groups excluding carboxylic acids is 1. The zero-order valence-corrected chi connectivity index (χ0v) is 12.1. The first-order chi connectivity index (χ1) is 9.95. The third kappa shape index (κ3) is 4.31. The van der Waals surface area contributed by atoms with Gasteiger partial charge in [0.2, 0.25) is 5.91 Å². The summed E-state index contributed by atoms with van der Waals surface area (Å²) in [4.78, 5) is 11.7. The molecule has 0 saturated heterocycles. The predicted octanol–water partition coefficient (Wildman–Crippen LogP) is 4.32. The van der Waals surface area contributed by atoms with Gasteiger partial charge in [0.15, 0.2) is 0 Å². The molecular weight excluding hydrogens is 321 g/mol. The standard InChI is InChI=1S/C14H10Cl2F2N2O/c15-8-1-3-12(10(16)5-8)19-7-14(21)20-13-4-2-9(17)6-11(13)18/h1-6,19H,7H2,(H,20,21). The second-order valence-electron chi connectivity index (χ2n) is 4.15. The van der Waals surface area contributed by atoms with Crippen LogP contribution >= 0.6 is 23.2 Å². The third-order valence-corrected chi connectivity index (χ3v) is 3.12. The number of carbonyl (C=O) groups is 1. The number of hydrogen-bond donors (Lipinski definition) is 2. The summed E-state index contributed by atoms with van der Waals surface area (Å²) in [5.41, 5.74) is 0.432. The van der Waals surface area contributed by atoms with Gasteiger partial charge in [-0.15, -0.1) is 0 Å². The normalized spacial score (nSPS) is 10.3. The SMILES string of the molecule is O=C(CNc1ccc(Cl)cc1Cl)Nc1ccc(F)cc1F. The highest BCUT2D eigenvalue weighted by Gasteiger charge is 2.09. The number of rotatable bonds is 4. The van der Waals surface area contributed by atoms with Gasteiger partial charge >= 0.3 is 0 Å². The van der Waals surface area contributed by atoms with Crippen LogP contribution in [0.5, 0.6) is 0 Å². The van der Waals surface area contributed by atoms with Crippen molar-refractivity contribution < 1.29 is 13.6 Å². The maximum absolute atomic E-state index is 13.4. The predicted molar refractivity (Wildman–Crippen MR) is 79.9 cm³/mol. The van der Waals surface area contributed by atoms with Gasteiger partial charge in [0.1, 0.15) is 11.6 Å². The first-order valence-corrected chi connectivity index (χ1v) is 6.65. The summed E-state index contributed by atoms with van der Waals surface area (Å²) in [7, 11) is 0. The van der Waals surface area contributed by atoms with Gasteiger partial charge in [-0.3, -0.25) is 4.79 Å². The molecule has 0 unspecified atom stereocenters. The van der Waals surface area contributed by atoms with Crippen molar-refractivity contribution in [3.05, 3.63) is 58.1 Å². The molecule has 7 heteroatoms. The molecule has 1 amide bonds. The Hall–Kier alpha value is -1.85. The topological polar surface area (TPSA) is 41.1 Å². The Morgan fingerprint density at radius 3 is 2.43 bits per heavy atom. The van der Waals surface area contributed by atoms with Crippen LogP contribution in [0.15, 0.2) is 36.4 Å². The van der Waals surface area contributed by atoms with Crippen molar-refractivity contribution in [2.45, 2.75) is 0 Å². The van der Waals surface area contributed by atoms with E-state index in [1.54, 1.807) is 12.1 Å². The molecule has 0 aromatic heterocycles. The minimum Gasteiger partial charge on any atom is -0.375 e. The fourth-order valence-electron chi connectivity index (χ4n) is 1.59. The van der Waals surface area contributed by atoms with Crippen LogP contribution in [0.25, 0.3) is 0 Å². The number of hydrogen-bond acceptors (Lipinski definition) is 2. The van der Waals surface area contributed by atoms with Gasteiger partial charge in [-0.25, -0.2) is 8.78 Å². The van der Waals surface area contributed by atoms with Crippen LogP contribution < -0.4 is 10.6 Å². The molecule has 0 radical (unpaired) electrons. The molecule has 0 saturated carbocycles. The molecular formula is C14H10Cl2F2N2O. The molecule has 0 bridgehead atoms. The molecule has 2 N–H and O–H groups in total. The van der Waals surface area contributed by atoms with E-state index in [4.69, 9.17) is 23.2 Å². The summed E-state index contributed by atoms with van der Waals surface area (Å²) in [6, 6.07) is 7.67. The molecule has 21 heavy (non-hydrogen) atoms. The van der Waals surface area contributed by atoms with Gasteiger partial charge in [-0.05, 0) is 30.3 Å². The van der Waals surface area contributed by atoms with Gasteiger partial charge in [0.05, 0.1) is 22.9 Å². The minimum absolute atomic E-state index is 0.0922. The molecule has 2 aromatic carbocycles. The quantitative estimate of drug-likeness (QED) is 0.876. The molecule has 0 aliphatic carbocycles. The van der Waals surface area contributed by atoms with Crippen LogP contribution in [-0.2, 0) is 4.79 Å². The van der Waals surface area contributed by atoms with Gasteiger partial charge < -0.3 is 10.6 Å². The van der Waals surface area contributed by atoms with Crippen molar-refractivity contribution in [2.24, 2.45) is 0 Å². The molecule has 2 rings (SSSR count). The van der Waals surface area contributed by atoms with Gasteiger partial charge in [0.25, 0.3) is 0 Å². The summed E-state index contributed by atoms with van der Waals surface area (Å²) in [5.74, 6) is -2.05. The van der Waals surface area contributed by atoms with Crippen LogP contribution in [0.3, 0.4) is 0 Å². The number of amides is 1. The molecule has 3 nitrogen and oxygen atoms in total. The van der Waals surface area contributed by atoms with Crippen LogP contribution in [0.4, 0.5) is 20.2 Å². The molecule has 110 valence electrons. The van der Waals surface area contributed by atoms with E-state index in [1.165, 1.54) is 6.07 Å². The van der Waals surface area contributed by atoms with Crippen molar-refractivity contribution in [2.75, 3.05) is 17.2 Å². The minimum atomic E-state index is -0.840. The highest BCUT2D eigenvalue weighted by molar-refractivity contribution is 6.36. The Bertz CT molecular complexity index is 680. The lowest BCUT2D eigenvalue weighted by Gasteiger charge is -2.10. The maximum Gasteiger partial charge on any atom is 0.243 e. The monoisotopic (exact) mass is 330 g/mol. The highest BCUT2D eigenvalue weighted by Crippen LogP contribution is 2.25. The molecule has 0 heterocycles.